The van der Waals surface area contributed by atoms with Crippen LogP contribution >= 0.6 is 11.6 Å². The number of fused-ring (bicyclic) bond motifs is 1. The number of hydrogen-bond acceptors (Lipinski definition) is 3. The number of rotatable bonds is 4. The van der Waals surface area contributed by atoms with Gasteiger partial charge in [0, 0.05) is 16.6 Å². The average Bonchev–Trinajstić information content (AvgIpc) is 2.60. The van der Waals surface area contributed by atoms with E-state index in [0.29, 0.717) is 10.6 Å². The van der Waals surface area contributed by atoms with E-state index in [1.54, 1.807) is 12.1 Å². The molecule has 1 saturated carbocycles. The smallest absolute Gasteiger partial charge is 0.276 e. The molecular weight excluding hydrogens is 326 g/mol. The molecule has 1 unspecified atom stereocenters. The van der Waals surface area contributed by atoms with Crippen LogP contribution in [0.25, 0.3) is 0 Å². The Kier molecular flexibility index (Phi) is 5.29. The van der Waals surface area contributed by atoms with E-state index in [0.717, 1.165) is 44.2 Å². The SMILES string of the molecule is CCCC1Nc2ccc(Cl)cc2C(=O)N1NC(=O)C1CCCCC1. The van der Waals surface area contributed by atoms with E-state index in [2.05, 4.69) is 17.7 Å². The average molecular weight is 350 g/mol. The maximum Gasteiger partial charge on any atom is 0.276 e. The summed E-state index contributed by atoms with van der Waals surface area (Å²) < 4.78 is 0. The predicted molar refractivity (Wildman–Crippen MR) is 94.7 cm³/mol. The molecule has 1 aromatic carbocycles. The number of hydrogen-bond donors (Lipinski definition) is 2. The first-order chi connectivity index (χ1) is 11.6. The van der Waals surface area contributed by atoms with Crippen molar-refractivity contribution in [2.75, 3.05) is 5.32 Å². The molecule has 5 nitrogen and oxygen atoms in total. The summed E-state index contributed by atoms with van der Waals surface area (Å²) in [5.74, 6) is -0.236. The van der Waals surface area contributed by atoms with Crippen LogP contribution in [0.5, 0.6) is 0 Å². The highest BCUT2D eigenvalue weighted by Gasteiger charge is 2.34. The van der Waals surface area contributed by atoms with Gasteiger partial charge in [-0.25, -0.2) is 5.01 Å². The second kappa shape index (κ2) is 7.43. The lowest BCUT2D eigenvalue weighted by atomic mass is 9.89. The summed E-state index contributed by atoms with van der Waals surface area (Å²) >= 11 is 6.03. The van der Waals surface area contributed by atoms with Gasteiger partial charge in [0.05, 0.1) is 5.56 Å². The lowest BCUT2D eigenvalue weighted by Gasteiger charge is -2.38. The first-order valence-corrected chi connectivity index (χ1v) is 9.18. The molecule has 2 N–H and O–H groups in total. The second-order valence-electron chi connectivity index (χ2n) is 6.62. The Morgan fingerprint density at radius 2 is 2.08 bits per heavy atom. The number of carbonyl (C=O) groups excluding carboxylic acids is 2. The van der Waals surface area contributed by atoms with Gasteiger partial charge in [-0.1, -0.05) is 44.2 Å². The van der Waals surface area contributed by atoms with Gasteiger partial charge in [-0.3, -0.25) is 15.0 Å². The zero-order valence-electron chi connectivity index (χ0n) is 14.0. The lowest BCUT2D eigenvalue weighted by molar-refractivity contribution is -0.130. The summed E-state index contributed by atoms with van der Waals surface area (Å²) in [5, 5.41) is 5.31. The maximum absolute atomic E-state index is 12.9. The summed E-state index contributed by atoms with van der Waals surface area (Å²) in [5.41, 5.74) is 4.14. The Bertz CT molecular complexity index is 629. The van der Waals surface area contributed by atoms with E-state index in [1.807, 2.05) is 6.07 Å². The van der Waals surface area contributed by atoms with Crippen molar-refractivity contribution >= 4 is 29.1 Å². The van der Waals surface area contributed by atoms with Gasteiger partial charge in [0.25, 0.3) is 5.91 Å². The van der Waals surface area contributed by atoms with Crippen LogP contribution in [0.15, 0.2) is 18.2 Å². The lowest BCUT2D eigenvalue weighted by Crippen LogP contribution is -2.58. The Hall–Kier alpha value is -1.75. The number of hydrazine groups is 1. The molecule has 1 aliphatic heterocycles. The third-order valence-corrected chi connectivity index (χ3v) is 5.07. The van der Waals surface area contributed by atoms with E-state index >= 15 is 0 Å². The van der Waals surface area contributed by atoms with Crippen LogP contribution in [0.3, 0.4) is 0 Å². The summed E-state index contributed by atoms with van der Waals surface area (Å²) in [4.78, 5) is 25.5. The van der Waals surface area contributed by atoms with Crippen LogP contribution in [0.1, 0.15) is 62.2 Å². The molecule has 0 saturated heterocycles. The molecule has 0 bridgehead atoms. The highest BCUT2D eigenvalue weighted by atomic mass is 35.5. The quantitative estimate of drug-likeness (QED) is 0.865. The van der Waals surface area contributed by atoms with Crippen molar-refractivity contribution in [2.24, 2.45) is 5.92 Å². The molecule has 6 heteroatoms. The molecule has 24 heavy (non-hydrogen) atoms. The highest BCUT2D eigenvalue weighted by Crippen LogP contribution is 2.29. The van der Waals surface area contributed by atoms with Gasteiger partial charge in [-0.15, -0.1) is 0 Å². The minimum absolute atomic E-state index is 0.00887. The van der Waals surface area contributed by atoms with Crippen molar-refractivity contribution in [1.29, 1.82) is 0 Å². The molecule has 1 fully saturated rings. The van der Waals surface area contributed by atoms with Gasteiger partial charge in [-0.2, -0.15) is 0 Å². The van der Waals surface area contributed by atoms with Gasteiger partial charge in [-0.05, 0) is 37.5 Å². The van der Waals surface area contributed by atoms with Crippen LogP contribution < -0.4 is 10.7 Å². The van der Waals surface area contributed by atoms with Gasteiger partial charge in [0.15, 0.2) is 0 Å². The van der Waals surface area contributed by atoms with Crippen molar-refractivity contribution < 1.29 is 9.59 Å². The van der Waals surface area contributed by atoms with Gasteiger partial charge in [0.2, 0.25) is 5.91 Å². The van der Waals surface area contributed by atoms with Crippen molar-refractivity contribution in [3.05, 3.63) is 28.8 Å². The monoisotopic (exact) mass is 349 g/mol. The third kappa shape index (κ3) is 3.51. The molecular formula is C18H24ClN3O2. The summed E-state index contributed by atoms with van der Waals surface area (Å²) in [6.45, 7) is 2.06. The molecule has 0 aromatic heterocycles. The van der Waals surface area contributed by atoms with Crippen molar-refractivity contribution in [2.45, 2.75) is 58.0 Å². The van der Waals surface area contributed by atoms with Crippen molar-refractivity contribution in [3.8, 4) is 0 Å². The largest absolute Gasteiger partial charge is 0.363 e. The van der Waals surface area contributed by atoms with E-state index in [9.17, 15) is 9.59 Å². The van der Waals surface area contributed by atoms with Crippen LogP contribution in [-0.2, 0) is 4.79 Å². The predicted octanol–water partition coefficient (Wildman–Crippen LogP) is 3.95. The van der Waals surface area contributed by atoms with Crippen molar-refractivity contribution in [3.63, 3.8) is 0 Å². The molecule has 2 aliphatic rings. The minimum Gasteiger partial charge on any atom is -0.363 e. The van der Waals surface area contributed by atoms with E-state index < -0.39 is 0 Å². The highest BCUT2D eigenvalue weighted by molar-refractivity contribution is 6.31. The Labute approximate surface area is 147 Å². The molecule has 1 heterocycles. The maximum atomic E-state index is 12.9. The van der Waals surface area contributed by atoms with Crippen LogP contribution in [0, 0.1) is 5.92 Å². The molecule has 0 spiro atoms. The molecule has 0 radical (unpaired) electrons. The Balaban J connectivity index is 1.80. The number of amides is 2. The number of nitrogens with one attached hydrogen (secondary N) is 2. The van der Waals surface area contributed by atoms with Crippen LogP contribution in [0.2, 0.25) is 5.02 Å². The molecule has 1 atom stereocenters. The first kappa shape index (κ1) is 17.1. The fourth-order valence-corrected chi connectivity index (χ4v) is 3.68. The fraction of sp³-hybridized carbons (Fsp3) is 0.556. The first-order valence-electron chi connectivity index (χ1n) is 8.80. The Morgan fingerprint density at radius 1 is 1.33 bits per heavy atom. The summed E-state index contributed by atoms with van der Waals surface area (Å²) in [7, 11) is 0. The molecule has 2 amide bonds. The number of carbonyl (C=O) groups is 2. The number of halogens is 1. The standard InChI is InChI=1S/C18H24ClN3O2/c1-2-6-16-20-15-10-9-13(19)11-14(15)18(24)22(16)21-17(23)12-7-4-3-5-8-12/h9-12,16,20H,2-8H2,1H3,(H,21,23). The normalized spacial score (nSPS) is 21.2. The summed E-state index contributed by atoms with van der Waals surface area (Å²) in [6, 6.07) is 5.23. The van der Waals surface area contributed by atoms with Gasteiger partial charge >= 0.3 is 0 Å². The van der Waals surface area contributed by atoms with E-state index in [1.165, 1.54) is 11.4 Å². The van der Waals surface area contributed by atoms with Gasteiger partial charge in [0.1, 0.15) is 6.17 Å². The molecule has 3 rings (SSSR count). The summed E-state index contributed by atoms with van der Waals surface area (Å²) in [6.07, 6.45) is 6.61. The second-order valence-corrected chi connectivity index (χ2v) is 7.06. The van der Waals surface area contributed by atoms with E-state index in [4.69, 9.17) is 11.6 Å². The molecule has 1 aliphatic carbocycles. The zero-order valence-corrected chi connectivity index (χ0v) is 14.7. The van der Waals surface area contributed by atoms with E-state index in [-0.39, 0.29) is 23.9 Å². The number of nitrogens with zero attached hydrogens (tertiary/aromatic N) is 1. The van der Waals surface area contributed by atoms with Crippen LogP contribution in [0.4, 0.5) is 5.69 Å². The minimum atomic E-state index is -0.233. The van der Waals surface area contributed by atoms with Gasteiger partial charge < -0.3 is 5.32 Å². The fourth-order valence-electron chi connectivity index (χ4n) is 3.51. The molecule has 1 aromatic rings. The van der Waals surface area contributed by atoms with Crippen LogP contribution in [-0.4, -0.2) is 23.0 Å². The third-order valence-electron chi connectivity index (χ3n) is 4.83. The van der Waals surface area contributed by atoms with Crippen molar-refractivity contribution in [1.82, 2.24) is 10.4 Å². The number of benzene rings is 1. The topological polar surface area (TPSA) is 61.4 Å². The number of anilines is 1. The molecule has 130 valence electrons. The Morgan fingerprint density at radius 3 is 2.79 bits per heavy atom. The zero-order chi connectivity index (χ0) is 17.1.